The summed E-state index contributed by atoms with van der Waals surface area (Å²) in [5, 5.41) is 0.642. The average Bonchev–Trinajstić information content (AvgIpc) is 3.30. The first-order valence-electron chi connectivity index (χ1n) is 10.4. The molecule has 0 spiro atoms. The number of imidazole rings is 1. The third kappa shape index (κ3) is 4.19. The van der Waals surface area contributed by atoms with Gasteiger partial charge in [0.05, 0.1) is 17.3 Å². The highest BCUT2D eigenvalue weighted by Gasteiger charge is 2.27. The van der Waals surface area contributed by atoms with E-state index in [2.05, 4.69) is 11.9 Å². The van der Waals surface area contributed by atoms with Crippen LogP contribution in [0.1, 0.15) is 54.7 Å². The fourth-order valence-corrected chi connectivity index (χ4v) is 4.39. The van der Waals surface area contributed by atoms with Crippen LogP contribution in [-0.2, 0) is 11.3 Å². The van der Waals surface area contributed by atoms with Gasteiger partial charge in [-0.05, 0) is 38.4 Å². The van der Waals surface area contributed by atoms with Crippen molar-refractivity contribution in [2.24, 2.45) is 0 Å². The average molecular weight is 405 g/mol. The van der Waals surface area contributed by atoms with Gasteiger partial charge in [0.2, 0.25) is 0 Å². The first kappa shape index (κ1) is 19.7. The van der Waals surface area contributed by atoms with Gasteiger partial charge in [-0.25, -0.2) is 4.98 Å². The number of ether oxygens (including phenoxy) is 1. The highest BCUT2D eigenvalue weighted by molar-refractivity contribution is 6.30. The molecule has 4 rings (SSSR count). The lowest BCUT2D eigenvalue weighted by Gasteiger charge is -2.26. The van der Waals surface area contributed by atoms with Crippen molar-refractivity contribution in [2.45, 2.75) is 51.1 Å². The van der Waals surface area contributed by atoms with E-state index in [9.17, 15) is 4.79 Å². The first-order valence-corrected chi connectivity index (χ1v) is 10.7. The molecular weight excluding hydrogens is 376 g/mol. The van der Waals surface area contributed by atoms with Gasteiger partial charge in [0.15, 0.2) is 5.69 Å². The maximum absolute atomic E-state index is 13.4. The summed E-state index contributed by atoms with van der Waals surface area (Å²) in [4.78, 5) is 22.4. The molecule has 0 aromatic carbocycles. The van der Waals surface area contributed by atoms with E-state index < -0.39 is 0 Å². The Hall–Kier alpha value is -1.63. The highest BCUT2D eigenvalue weighted by Crippen LogP contribution is 2.23. The Morgan fingerprint density at radius 3 is 2.71 bits per heavy atom. The molecule has 0 saturated carbocycles. The number of halogens is 1. The number of likely N-dealkylation sites (N-methyl/N-ethyl adjacent to an activating group) is 1. The van der Waals surface area contributed by atoms with E-state index in [1.54, 1.807) is 0 Å². The Labute approximate surface area is 171 Å². The first-order chi connectivity index (χ1) is 13.6. The summed E-state index contributed by atoms with van der Waals surface area (Å²) in [6, 6.07) is 4.08. The number of fused-ring (bicyclic) bond motifs is 1. The summed E-state index contributed by atoms with van der Waals surface area (Å²) >= 11 is 6.25. The minimum Gasteiger partial charge on any atom is -0.380 e. The minimum absolute atomic E-state index is 0.0489. The van der Waals surface area contributed by atoms with Gasteiger partial charge < -0.3 is 14.0 Å². The topological polar surface area (TPSA) is 50.1 Å². The fraction of sp³-hybridized carbons (Fsp3) is 0.619. The minimum atomic E-state index is 0.0489. The number of nitrogens with zero attached hydrogens (tertiary/aromatic N) is 4. The van der Waals surface area contributed by atoms with Gasteiger partial charge in [0.25, 0.3) is 5.91 Å². The van der Waals surface area contributed by atoms with Gasteiger partial charge in [0.1, 0.15) is 5.65 Å². The van der Waals surface area contributed by atoms with E-state index in [1.807, 2.05) is 27.6 Å². The van der Waals surface area contributed by atoms with E-state index >= 15 is 0 Å². The van der Waals surface area contributed by atoms with Crippen molar-refractivity contribution in [3.63, 3.8) is 0 Å². The third-order valence-electron chi connectivity index (χ3n) is 5.96. The molecule has 2 aromatic heterocycles. The molecule has 2 aromatic rings. The maximum atomic E-state index is 13.4. The van der Waals surface area contributed by atoms with Crippen LogP contribution in [0.2, 0.25) is 5.02 Å². The molecule has 0 unspecified atom stereocenters. The summed E-state index contributed by atoms with van der Waals surface area (Å²) < 4.78 is 7.52. The number of carbonyl (C=O) groups excluding carboxylic acids is 1. The quantitative estimate of drug-likeness (QED) is 0.781. The van der Waals surface area contributed by atoms with Crippen LogP contribution in [0.25, 0.3) is 5.65 Å². The number of rotatable bonds is 4. The van der Waals surface area contributed by atoms with E-state index in [0.717, 1.165) is 56.9 Å². The number of amides is 1. The number of likely N-dealkylation sites (tertiary alicyclic amines) is 1. The van der Waals surface area contributed by atoms with Gasteiger partial charge in [0, 0.05) is 38.5 Å². The molecule has 2 fully saturated rings. The van der Waals surface area contributed by atoms with Crippen molar-refractivity contribution in [2.75, 3.05) is 33.4 Å². The normalized spacial score (nSPS) is 21.2. The molecular formula is C21H29ClN4O2. The zero-order valence-electron chi connectivity index (χ0n) is 16.6. The molecule has 0 aliphatic carbocycles. The Kier molecular flexibility index (Phi) is 6.19. The van der Waals surface area contributed by atoms with Crippen molar-refractivity contribution in [3.05, 3.63) is 34.7 Å². The van der Waals surface area contributed by atoms with E-state index in [4.69, 9.17) is 21.3 Å². The molecule has 7 heteroatoms. The molecule has 2 aliphatic rings. The van der Waals surface area contributed by atoms with Crippen molar-refractivity contribution < 1.29 is 9.53 Å². The van der Waals surface area contributed by atoms with E-state index in [0.29, 0.717) is 23.3 Å². The molecule has 0 radical (unpaired) electrons. The Morgan fingerprint density at radius 1 is 1.25 bits per heavy atom. The van der Waals surface area contributed by atoms with Crippen molar-refractivity contribution >= 4 is 23.2 Å². The van der Waals surface area contributed by atoms with Crippen LogP contribution < -0.4 is 0 Å². The second kappa shape index (κ2) is 8.80. The van der Waals surface area contributed by atoms with Crippen molar-refractivity contribution in [3.8, 4) is 0 Å². The lowest BCUT2D eigenvalue weighted by atomic mass is 10.1. The van der Waals surface area contributed by atoms with Gasteiger partial charge in [-0.1, -0.05) is 30.9 Å². The predicted octanol–water partition coefficient (Wildman–Crippen LogP) is 3.61. The van der Waals surface area contributed by atoms with E-state index in [1.165, 1.54) is 19.3 Å². The van der Waals surface area contributed by atoms with Gasteiger partial charge >= 0.3 is 0 Å². The van der Waals surface area contributed by atoms with Gasteiger partial charge in [-0.2, -0.15) is 0 Å². The van der Waals surface area contributed by atoms with Crippen LogP contribution in [-0.4, -0.2) is 64.5 Å². The predicted molar refractivity (Wildman–Crippen MR) is 110 cm³/mol. The molecule has 1 atom stereocenters. The van der Waals surface area contributed by atoms with Gasteiger partial charge in [-0.15, -0.1) is 0 Å². The second-order valence-corrected chi connectivity index (χ2v) is 8.41. The van der Waals surface area contributed by atoms with Crippen molar-refractivity contribution in [1.29, 1.82) is 0 Å². The van der Waals surface area contributed by atoms with Crippen LogP contribution in [0, 0.1) is 0 Å². The van der Waals surface area contributed by atoms with Crippen LogP contribution in [0.4, 0.5) is 0 Å². The number of aromatic nitrogens is 2. The molecule has 2 saturated heterocycles. The number of pyridine rings is 1. The lowest BCUT2D eigenvalue weighted by Crippen LogP contribution is -2.36. The zero-order chi connectivity index (χ0) is 19.5. The van der Waals surface area contributed by atoms with Crippen LogP contribution in [0.5, 0.6) is 0 Å². The SMILES string of the molecule is CN(Cc1c(C(=O)N2CCCCCCC2)nc2ccc(Cl)cn12)[C@@H]1CCOC1. The summed E-state index contributed by atoms with van der Waals surface area (Å²) in [6.45, 7) is 3.82. The zero-order valence-corrected chi connectivity index (χ0v) is 17.3. The summed E-state index contributed by atoms with van der Waals surface area (Å²) in [6.07, 6.45) is 8.68. The van der Waals surface area contributed by atoms with Crippen LogP contribution in [0.3, 0.4) is 0 Å². The van der Waals surface area contributed by atoms with E-state index in [-0.39, 0.29) is 5.91 Å². The molecule has 2 aliphatic heterocycles. The molecule has 4 heterocycles. The number of hydrogen-bond donors (Lipinski definition) is 0. The molecule has 0 bridgehead atoms. The number of hydrogen-bond acceptors (Lipinski definition) is 4. The van der Waals surface area contributed by atoms with Crippen LogP contribution in [0.15, 0.2) is 18.3 Å². The summed E-state index contributed by atoms with van der Waals surface area (Å²) in [5.41, 5.74) is 2.25. The van der Waals surface area contributed by atoms with Crippen molar-refractivity contribution in [1.82, 2.24) is 19.2 Å². The monoisotopic (exact) mass is 404 g/mol. The Morgan fingerprint density at radius 2 is 2.00 bits per heavy atom. The summed E-state index contributed by atoms with van der Waals surface area (Å²) in [5.74, 6) is 0.0489. The Bertz CT molecular complexity index is 823. The van der Waals surface area contributed by atoms with Crippen LogP contribution >= 0.6 is 11.6 Å². The fourth-order valence-electron chi connectivity index (χ4n) is 4.23. The standard InChI is InChI=1S/C21H29ClN4O2/c1-24(17-9-12-28-15-17)14-18-20(23-19-8-7-16(22)13-26(18)19)21(27)25-10-5-3-2-4-6-11-25/h7-8,13,17H,2-6,9-12,14-15H2,1H3/t17-/m1/s1. The Balaban J connectivity index is 1.66. The van der Waals surface area contributed by atoms with Gasteiger partial charge in [-0.3, -0.25) is 9.69 Å². The molecule has 1 amide bonds. The molecule has 28 heavy (non-hydrogen) atoms. The second-order valence-electron chi connectivity index (χ2n) is 7.98. The highest BCUT2D eigenvalue weighted by atomic mass is 35.5. The molecule has 6 nitrogen and oxygen atoms in total. The molecule has 152 valence electrons. The lowest BCUT2D eigenvalue weighted by molar-refractivity contribution is 0.0734. The maximum Gasteiger partial charge on any atom is 0.274 e. The number of carbonyl (C=O) groups is 1. The largest absolute Gasteiger partial charge is 0.380 e. The third-order valence-corrected chi connectivity index (χ3v) is 6.18. The summed E-state index contributed by atoms with van der Waals surface area (Å²) in [7, 11) is 2.09. The molecule has 0 N–H and O–H groups in total. The smallest absolute Gasteiger partial charge is 0.274 e.